The van der Waals surface area contributed by atoms with Crippen molar-refractivity contribution < 1.29 is 18.3 Å². The average molecular weight is 312 g/mol. The molecule has 1 aromatic heterocycles. The van der Waals surface area contributed by atoms with Crippen molar-refractivity contribution in [1.82, 2.24) is 4.98 Å². The van der Waals surface area contributed by atoms with E-state index in [9.17, 15) is 9.18 Å². The van der Waals surface area contributed by atoms with Crippen molar-refractivity contribution in [1.29, 1.82) is 0 Å². The lowest BCUT2D eigenvalue weighted by atomic mass is 10.2. The molecule has 0 saturated carbocycles. The van der Waals surface area contributed by atoms with E-state index in [1.165, 1.54) is 18.4 Å². The Morgan fingerprint density at radius 3 is 2.70 bits per heavy atom. The van der Waals surface area contributed by atoms with Gasteiger partial charge in [0.1, 0.15) is 30.1 Å². The molecule has 3 aromatic rings. The molecule has 0 saturated heterocycles. The van der Waals surface area contributed by atoms with Crippen LogP contribution in [0.3, 0.4) is 0 Å². The number of hydrogen-bond donors (Lipinski definition) is 1. The molecule has 5 nitrogen and oxygen atoms in total. The number of nitrogens with zero attached hydrogens (tertiary/aromatic N) is 1. The second-order valence-electron chi connectivity index (χ2n) is 4.83. The largest absolute Gasteiger partial charge is 0.487 e. The summed E-state index contributed by atoms with van der Waals surface area (Å²) in [7, 11) is 0. The van der Waals surface area contributed by atoms with Gasteiger partial charge in [0.15, 0.2) is 0 Å². The van der Waals surface area contributed by atoms with E-state index < -0.39 is 5.91 Å². The molecule has 0 radical (unpaired) electrons. The second-order valence-corrected chi connectivity index (χ2v) is 4.83. The maximum absolute atomic E-state index is 13.2. The quantitative estimate of drug-likeness (QED) is 0.785. The van der Waals surface area contributed by atoms with E-state index in [1.54, 1.807) is 36.4 Å². The molecule has 2 aromatic carbocycles. The summed E-state index contributed by atoms with van der Waals surface area (Å²) in [4.78, 5) is 15.2. The number of amides is 1. The summed E-state index contributed by atoms with van der Waals surface area (Å²) in [6.45, 7) is 0.189. The van der Waals surface area contributed by atoms with Crippen LogP contribution in [0.4, 0.5) is 4.39 Å². The number of oxazole rings is 1. The normalized spacial score (nSPS) is 10.5. The van der Waals surface area contributed by atoms with Gasteiger partial charge < -0.3 is 14.9 Å². The Morgan fingerprint density at radius 1 is 1.22 bits per heavy atom. The maximum Gasteiger partial charge on any atom is 0.248 e. The Hall–Kier alpha value is -3.15. The molecule has 0 fully saturated rings. The van der Waals surface area contributed by atoms with Crippen LogP contribution in [0.1, 0.15) is 16.1 Å². The number of benzene rings is 2. The summed E-state index contributed by atoms with van der Waals surface area (Å²) in [6, 6.07) is 12.5. The Morgan fingerprint density at radius 2 is 2.00 bits per heavy atom. The molecule has 0 spiro atoms. The lowest BCUT2D eigenvalue weighted by Crippen LogP contribution is -2.10. The molecule has 0 atom stereocenters. The Balaban J connectivity index is 1.66. The number of carbonyl (C=O) groups is 1. The van der Waals surface area contributed by atoms with E-state index in [2.05, 4.69) is 4.98 Å². The van der Waals surface area contributed by atoms with Crippen LogP contribution in [-0.2, 0) is 6.61 Å². The van der Waals surface area contributed by atoms with E-state index in [4.69, 9.17) is 14.9 Å². The fourth-order valence-electron chi connectivity index (χ4n) is 2.00. The monoisotopic (exact) mass is 312 g/mol. The van der Waals surface area contributed by atoms with Crippen LogP contribution in [0.25, 0.3) is 11.5 Å². The van der Waals surface area contributed by atoms with Crippen molar-refractivity contribution in [3.05, 3.63) is 71.9 Å². The smallest absolute Gasteiger partial charge is 0.248 e. The lowest BCUT2D eigenvalue weighted by molar-refractivity contribution is 0.1000. The molecular formula is C17H13FN2O3. The third-order valence-corrected chi connectivity index (χ3v) is 3.15. The molecule has 2 N–H and O–H groups in total. The minimum Gasteiger partial charge on any atom is -0.487 e. The lowest BCUT2D eigenvalue weighted by Gasteiger charge is -2.04. The molecular weight excluding hydrogens is 299 g/mol. The number of primary amides is 1. The fourth-order valence-corrected chi connectivity index (χ4v) is 2.00. The van der Waals surface area contributed by atoms with Gasteiger partial charge in [-0.05, 0) is 42.5 Å². The molecule has 1 amide bonds. The number of carbonyl (C=O) groups excluding carboxylic acids is 1. The molecule has 3 rings (SSSR count). The fraction of sp³-hybridized carbons (Fsp3) is 0.0588. The molecule has 116 valence electrons. The molecule has 0 bridgehead atoms. The van der Waals surface area contributed by atoms with E-state index in [-0.39, 0.29) is 12.4 Å². The summed E-state index contributed by atoms with van der Waals surface area (Å²) in [5.74, 6) is 0.0540. The van der Waals surface area contributed by atoms with Gasteiger partial charge in [-0.3, -0.25) is 4.79 Å². The first-order chi connectivity index (χ1) is 11.1. The van der Waals surface area contributed by atoms with Gasteiger partial charge in [-0.15, -0.1) is 0 Å². The highest BCUT2D eigenvalue weighted by molar-refractivity contribution is 5.92. The van der Waals surface area contributed by atoms with Gasteiger partial charge >= 0.3 is 0 Å². The van der Waals surface area contributed by atoms with Gasteiger partial charge in [0.2, 0.25) is 11.8 Å². The van der Waals surface area contributed by atoms with Crippen molar-refractivity contribution in [3.63, 3.8) is 0 Å². The van der Waals surface area contributed by atoms with Crippen molar-refractivity contribution >= 4 is 5.91 Å². The van der Waals surface area contributed by atoms with Crippen LogP contribution in [-0.4, -0.2) is 10.9 Å². The Labute approximate surface area is 131 Å². The topological polar surface area (TPSA) is 78.4 Å². The highest BCUT2D eigenvalue weighted by Gasteiger charge is 2.08. The number of hydrogen-bond acceptors (Lipinski definition) is 4. The van der Waals surface area contributed by atoms with Crippen LogP contribution >= 0.6 is 0 Å². The zero-order valence-electron chi connectivity index (χ0n) is 12.0. The number of aromatic nitrogens is 1. The van der Waals surface area contributed by atoms with Gasteiger partial charge in [0, 0.05) is 11.1 Å². The number of nitrogens with two attached hydrogens (primary N) is 1. The first-order valence-corrected chi connectivity index (χ1v) is 6.85. The van der Waals surface area contributed by atoms with Crippen LogP contribution in [0, 0.1) is 5.82 Å². The van der Waals surface area contributed by atoms with E-state index in [0.717, 1.165) is 0 Å². The van der Waals surface area contributed by atoms with Crippen molar-refractivity contribution in [2.75, 3.05) is 0 Å². The zero-order chi connectivity index (χ0) is 16.2. The summed E-state index contributed by atoms with van der Waals surface area (Å²) in [5, 5.41) is 0. The van der Waals surface area contributed by atoms with Gasteiger partial charge in [-0.25, -0.2) is 9.37 Å². The van der Waals surface area contributed by atoms with E-state index in [1.807, 2.05) is 0 Å². The first kappa shape index (κ1) is 14.8. The third kappa shape index (κ3) is 3.55. The molecule has 23 heavy (non-hydrogen) atoms. The maximum atomic E-state index is 13.2. The van der Waals surface area contributed by atoms with E-state index >= 15 is 0 Å². The third-order valence-electron chi connectivity index (χ3n) is 3.15. The minimum absolute atomic E-state index is 0.189. The highest BCUT2D eigenvalue weighted by atomic mass is 19.1. The van der Waals surface area contributed by atoms with Gasteiger partial charge in [0.25, 0.3) is 0 Å². The van der Waals surface area contributed by atoms with Gasteiger partial charge in [-0.2, -0.15) is 0 Å². The Kier molecular flexibility index (Phi) is 4.05. The highest BCUT2D eigenvalue weighted by Crippen LogP contribution is 2.20. The Bertz CT molecular complexity index is 828. The molecule has 1 heterocycles. The van der Waals surface area contributed by atoms with Crippen LogP contribution in [0.2, 0.25) is 0 Å². The van der Waals surface area contributed by atoms with Crippen molar-refractivity contribution in [2.24, 2.45) is 5.73 Å². The molecule has 0 unspecified atom stereocenters. The van der Waals surface area contributed by atoms with Crippen molar-refractivity contribution in [2.45, 2.75) is 6.61 Å². The minimum atomic E-state index is -0.493. The summed E-state index contributed by atoms with van der Waals surface area (Å²) in [6.07, 6.45) is 1.46. The first-order valence-electron chi connectivity index (χ1n) is 6.85. The zero-order valence-corrected chi connectivity index (χ0v) is 12.0. The average Bonchev–Trinajstić information content (AvgIpc) is 3.02. The molecule has 0 aliphatic heterocycles. The molecule has 6 heteroatoms. The summed E-state index contributed by atoms with van der Waals surface area (Å²) in [5.41, 5.74) is 6.71. The van der Waals surface area contributed by atoms with Gasteiger partial charge in [0.05, 0.1) is 0 Å². The predicted octanol–water partition coefficient (Wildman–Crippen LogP) is 3.16. The summed E-state index contributed by atoms with van der Waals surface area (Å²) >= 11 is 0. The van der Waals surface area contributed by atoms with E-state index in [0.29, 0.717) is 28.5 Å². The number of halogens is 1. The standard InChI is InChI=1S/C17H13FN2O3/c18-13-3-1-2-12(8-13)17-20-14(10-23-17)9-22-15-6-4-11(5-7-15)16(19)21/h1-8,10H,9H2,(H2,19,21). The van der Waals surface area contributed by atoms with Gasteiger partial charge in [-0.1, -0.05) is 6.07 Å². The van der Waals surface area contributed by atoms with Crippen molar-refractivity contribution in [3.8, 4) is 17.2 Å². The van der Waals surface area contributed by atoms with Crippen LogP contribution in [0.15, 0.2) is 59.2 Å². The molecule has 0 aliphatic rings. The number of rotatable bonds is 5. The van der Waals surface area contributed by atoms with Crippen LogP contribution < -0.4 is 10.5 Å². The summed E-state index contributed by atoms with van der Waals surface area (Å²) < 4.78 is 24.1. The molecule has 0 aliphatic carbocycles. The second kappa shape index (κ2) is 6.31. The SMILES string of the molecule is NC(=O)c1ccc(OCc2coc(-c3cccc(F)c3)n2)cc1. The predicted molar refractivity (Wildman–Crippen MR) is 81.2 cm³/mol. The van der Waals surface area contributed by atoms with Crippen LogP contribution in [0.5, 0.6) is 5.75 Å². The number of ether oxygens (including phenoxy) is 1.